The summed E-state index contributed by atoms with van der Waals surface area (Å²) < 4.78 is 32.8. The van der Waals surface area contributed by atoms with Crippen molar-refractivity contribution in [2.75, 3.05) is 85.8 Å². The first-order valence-corrected chi connectivity index (χ1v) is 12.6. The maximum atomic E-state index is 10.7. The van der Waals surface area contributed by atoms with Gasteiger partial charge in [-0.15, -0.1) is 0 Å². The summed E-state index contributed by atoms with van der Waals surface area (Å²) in [5.41, 5.74) is 1.31. The molecule has 0 fully saturated rings. The molecule has 0 radical (unpaired) electrons. The largest absolute Gasteiger partial charge is 0.391 e. The fourth-order valence-corrected chi connectivity index (χ4v) is 2.72. The maximum Gasteiger partial charge on any atom is 0.132 e. The number of ketones is 1. The molecule has 0 aliphatic heterocycles. The SMILES string of the molecule is CCCCCN/C=C(\CCC)COCCOCCOCCOCCOCCOCCC(C)=O. The van der Waals surface area contributed by atoms with E-state index in [2.05, 4.69) is 25.4 Å². The lowest BCUT2D eigenvalue weighted by molar-refractivity contribution is -0.118. The van der Waals surface area contributed by atoms with Crippen LogP contribution in [0.5, 0.6) is 0 Å². The summed E-state index contributed by atoms with van der Waals surface area (Å²) in [4.78, 5) is 10.7. The van der Waals surface area contributed by atoms with Crippen molar-refractivity contribution in [3.05, 3.63) is 11.8 Å². The van der Waals surface area contributed by atoms with E-state index in [-0.39, 0.29) is 5.78 Å². The highest BCUT2D eigenvalue weighted by molar-refractivity contribution is 5.75. The third-order valence-electron chi connectivity index (χ3n) is 4.55. The van der Waals surface area contributed by atoms with Gasteiger partial charge >= 0.3 is 0 Å². The second kappa shape index (κ2) is 27.2. The van der Waals surface area contributed by atoms with Crippen LogP contribution in [0.15, 0.2) is 11.8 Å². The number of hydrogen-bond acceptors (Lipinski definition) is 8. The molecule has 0 aliphatic rings. The van der Waals surface area contributed by atoms with Crippen molar-refractivity contribution in [2.45, 2.75) is 59.3 Å². The summed E-state index contributed by atoms with van der Waals surface area (Å²) in [6, 6.07) is 0. The molecule has 0 saturated carbocycles. The topological polar surface area (TPSA) is 84.5 Å². The van der Waals surface area contributed by atoms with E-state index >= 15 is 0 Å². The van der Waals surface area contributed by atoms with Gasteiger partial charge in [0.1, 0.15) is 5.78 Å². The van der Waals surface area contributed by atoms with Crippen molar-refractivity contribution in [2.24, 2.45) is 0 Å². The number of rotatable bonds is 27. The van der Waals surface area contributed by atoms with Crippen molar-refractivity contribution >= 4 is 5.78 Å². The average Bonchev–Trinajstić information content (AvgIpc) is 2.80. The maximum absolute atomic E-state index is 10.7. The zero-order valence-corrected chi connectivity index (χ0v) is 21.4. The van der Waals surface area contributed by atoms with Crippen LogP contribution in [0.25, 0.3) is 0 Å². The first-order valence-electron chi connectivity index (χ1n) is 12.6. The van der Waals surface area contributed by atoms with Gasteiger partial charge in [-0.05, 0) is 31.5 Å². The number of Topliss-reactive ketones (excluding diaryl/α,β-unsaturated/α-hetero) is 1. The van der Waals surface area contributed by atoms with Crippen molar-refractivity contribution in [1.29, 1.82) is 0 Å². The van der Waals surface area contributed by atoms with Crippen molar-refractivity contribution < 1.29 is 33.2 Å². The van der Waals surface area contributed by atoms with E-state index in [0.717, 1.165) is 19.4 Å². The van der Waals surface area contributed by atoms with Crippen LogP contribution in [0.1, 0.15) is 59.3 Å². The van der Waals surface area contributed by atoms with Crippen molar-refractivity contribution in [3.8, 4) is 0 Å². The van der Waals surface area contributed by atoms with Crippen LogP contribution >= 0.6 is 0 Å². The zero-order valence-electron chi connectivity index (χ0n) is 21.4. The lowest BCUT2D eigenvalue weighted by Crippen LogP contribution is -2.14. The first-order chi connectivity index (χ1) is 16.2. The van der Waals surface area contributed by atoms with Crippen LogP contribution in [-0.2, 0) is 33.2 Å². The predicted octanol–water partition coefficient (Wildman–Crippen LogP) is 3.53. The van der Waals surface area contributed by atoms with E-state index in [9.17, 15) is 4.79 Å². The van der Waals surface area contributed by atoms with E-state index in [1.807, 2.05) is 0 Å². The Bertz CT molecular complexity index is 446. The molecule has 0 rings (SSSR count). The van der Waals surface area contributed by atoms with Gasteiger partial charge in [0, 0.05) is 13.0 Å². The molecule has 1 N–H and O–H groups in total. The molecule has 8 nitrogen and oxygen atoms in total. The first kappa shape index (κ1) is 32.0. The van der Waals surface area contributed by atoms with E-state index in [4.69, 9.17) is 28.4 Å². The molecule has 0 aromatic carbocycles. The highest BCUT2D eigenvalue weighted by Crippen LogP contribution is 2.04. The fourth-order valence-electron chi connectivity index (χ4n) is 2.72. The number of carbonyl (C=O) groups is 1. The van der Waals surface area contributed by atoms with Crippen molar-refractivity contribution in [1.82, 2.24) is 5.32 Å². The van der Waals surface area contributed by atoms with E-state index in [1.54, 1.807) is 6.92 Å². The molecule has 0 spiro atoms. The van der Waals surface area contributed by atoms with Gasteiger partial charge in [0.2, 0.25) is 0 Å². The minimum atomic E-state index is 0.137. The predicted molar refractivity (Wildman–Crippen MR) is 131 cm³/mol. The average molecular weight is 476 g/mol. The summed E-state index contributed by atoms with van der Waals surface area (Å²) in [5, 5.41) is 3.40. The Kier molecular flexibility index (Phi) is 26.4. The van der Waals surface area contributed by atoms with Gasteiger partial charge < -0.3 is 33.7 Å². The molecule has 0 amide bonds. The minimum Gasteiger partial charge on any atom is -0.391 e. The molecule has 0 aliphatic carbocycles. The van der Waals surface area contributed by atoms with Gasteiger partial charge in [0.25, 0.3) is 0 Å². The van der Waals surface area contributed by atoms with E-state index in [0.29, 0.717) is 85.7 Å². The normalized spacial score (nSPS) is 11.8. The van der Waals surface area contributed by atoms with Gasteiger partial charge in [0.05, 0.1) is 79.3 Å². The Morgan fingerprint density at radius 1 is 0.636 bits per heavy atom. The zero-order chi connectivity index (χ0) is 24.2. The third-order valence-corrected chi connectivity index (χ3v) is 4.55. The smallest absolute Gasteiger partial charge is 0.132 e. The van der Waals surface area contributed by atoms with E-state index in [1.165, 1.54) is 24.8 Å². The van der Waals surface area contributed by atoms with Crippen LogP contribution in [0.2, 0.25) is 0 Å². The molecule has 33 heavy (non-hydrogen) atoms. The number of ether oxygens (including phenoxy) is 6. The molecular formula is C25H49NO7. The summed E-state index contributed by atoms with van der Waals surface area (Å²) in [5.74, 6) is 0.137. The lowest BCUT2D eigenvalue weighted by atomic mass is 10.2. The van der Waals surface area contributed by atoms with Gasteiger partial charge in [-0.3, -0.25) is 4.79 Å². The van der Waals surface area contributed by atoms with E-state index < -0.39 is 0 Å². The molecule has 0 saturated heterocycles. The Labute approximate surface area is 201 Å². The molecular weight excluding hydrogens is 426 g/mol. The molecule has 0 atom stereocenters. The molecule has 0 bridgehead atoms. The lowest BCUT2D eigenvalue weighted by Gasteiger charge is -2.10. The van der Waals surface area contributed by atoms with Crippen LogP contribution in [0.4, 0.5) is 0 Å². The van der Waals surface area contributed by atoms with Crippen LogP contribution in [0, 0.1) is 0 Å². The Morgan fingerprint density at radius 2 is 1.12 bits per heavy atom. The van der Waals surface area contributed by atoms with Crippen LogP contribution in [-0.4, -0.2) is 91.6 Å². The summed E-state index contributed by atoms with van der Waals surface area (Å²) >= 11 is 0. The van der Waals surface area contributed by atoms with Gasteiger partial charge in [-0.1, -0.05) is 33.1 Å². The molecule has 8 heteroatoms. The quantitative estimate of drug-likeness (QED) is 0.181. The number of carbonyl (C=O) groups excluding carboxylic acids is 1. The van der Waals surface area contributed by atoms with Crippen LogP contribution < -0.4 is 5.32 Å². The second-order valence-electron chi connectivity index (χ2n) is 7.78. The molecule has 0 aromatic rings. The van der Waals surface area contributed by atoms with Gasteiger partial charge in [-0.2, -0.15) is 0 Å². The highest BCUT2D eigenvalue weighted by Gasteiger charge is 1.98. The van der Waals surface area contributed by atoms with Crippen LogP contribution in [0.3, 0.4) is 0 Å². The second-order valence-corrected chi connectivity index (χ2v) is 7.78. The summed E-state index contributed by atoms with van der Waals surface area (Å²) in [7, 11) is 0. The fraction of sp³-hybridized carbons (Fsp3) is 0.880. The Morgan fingerprint density at radius 3 is 1.58 bits per heavy atom. The number of unbranched alkanes of at least 4 members (excludes halogenated alkanes) is 2. The standard InChI is InChI=1S/C25H49NO7/c1-4-6-7-10-26-22-25(8-5-2)23-33-21-20-32-19-18-31-17-16-30-15-14-29-13-12-28-11-9-24(3)27/h22,26H,4-21,23H2,1-3H3/b25-22+. The molecule has 0 aromatic heterocycles. The molecule has 0 unspecified atom stereocenters. The highest BCUT2D eigenvalue weighted by atomic mass is 16.6. The summed E-state index contributed by atoms with van der Waals surface area (Å²) in [6.07, 6.45) is 8.48. The van der Waals surface area contributed by atoms with Crippen molar-refractivity contribution in [3.63, 3.8) is 0 Å². The monoisotopic (exact) mass is 475 g/mol. The minimum absolute atomic E-state index is 0.137. The van der Waals surface area contributed by atoms with Gasteiger partial charge in [0.15, 0.2) is 0 Å². The number of hydrogen-bond donors (Lipinski definition) is 1. The summed E-state index contributed by atoms with van der Waals surface area (Å²) in [6.45, 7) is 13.4. The number of nitrogens with one attached hydrogen (secondary N) is 1. The molecule has 0 heterocycles. The molecule has 196 valence electrons. The van der Waals surface area contributed by atoms with Gasteiger partial charge in [-0.25, -0.2) is 0 Å². The Hall–Kier alpha value is -1.03. The third kappa shape index (κ3) is 27.1. The Balaban J connectivity index is 3.32.